The smallest absolute Gasteiger partial charge is 0.253 e. The van der Waals surface area contributed by atoms with Crippen molar-refractivity contribution in [3.63, 3.8) is 0 Å². The van der Waals surface area contributed by atoms with Gasteiger partial charge in [0, 0.05) is 43.2 Å². The molecular weight excluding hydrogens is 342 g/mol. The van der Waals surface area contributed by atoms with Gasteiger partial charge in [-0.2, -0.15) is 0 Å². The van der Waals surface area contributed by atoms with Crippen LogP contribution in [0.15, 0.2) is 36.4 Å². The van der Waals surface area contributed by atoms with E-state index in [0.29, 0.717) is 24.7 Å². The second-order valence-corrected chi connectivity index (χ2v) is 7.12. The zero-order valence-corrected chi connectivity index (χ0v) is 15.9. The molecule has 1 aliphatic rings. The van der Waals surface area contributed by atoms with Crippen molar-refractivity contribution in [1.82, 2.24) is 20.4 Å². The lowest BCUT2D eigenvalue weighted by Crippen LogP contribution is -2.37. The van der Waals surface area contributed by atoms with Gasteiger partial charge in [-0.15, -0.1) is 10.2 Å². The van der Waals surface area contributed by atoms with Crippen LogP contribution in [0.5, 0.6) is 0 Å². The number of carbonyl (C=O) groups is 2. The number of nitrogens with zero attached hydrogens (tertiary/aromatic N) is 3. The van der Waals surface area contributed by atoms with Gasteiger partial charge in [0.05, 0.1) is 5.69 Å². The van der Waals surface area contributed by atoms with Crippen LogP contribution in [0.25, 0.3) is 11.3 Å². The zero-order valence-electron chi connectivity index (χ0n) is 15.9. The third kappa shape index (κ3) is 4.81. The van der Waals surface area contributed by atoms with Crippen molar-refractivity contribution in [2.45, 2.75) is 39.3 Å². The van der Waals surface area contributed by atoms with Gasteiger partial charge in [0.25, 0.3) is 5.91 Å². The van der Waals surface area contributed by atoms with E-state index in [0.717, 1.165) is 23.5 Å². The zero-order chi connectivity index (χ0) is 19.4. The van der Waals surface area contributed by atoms with Crippen molar-refractivity contribution in [2.75, 3.05) is 18.4 Å². The molecule has 1 atom stereocenters. The first-order chi connectivity index (χ1) is 12.9. The number of carbonyl (C=O) groups excluding carboxylic acids is 2. The molecule has 2 N–H and O–H groups in total. The van der Waals surface area contributed by atoms with E-state index in [1.54, 1.807) is 4.90 Å². The predicted octanol–water partition coefficient (Wildman–Crippen LogP) is 2.31. The molecule has 1 saturated heterocycles. The van der Waals surface area contributed by atoms with Crippen LogP contribution in [0.4, 0.5) is 5.82 Å². The fourth-order valence-corrected chi connectivity index (χ4v) is 3.18. The lowest BCUT2D eigenvalue weighted by atomic mass is 10.1. The van der Waals surface area contributed by atoms with E-state index in [1.807, 2.05) is 50.2 Å². The summed E-state index contributed by atoms with van der Waals surface area (Å²) in [5.74, 6) is 0.662. The van der Waals surface area contributed by atoms with E-state index >= 15 is 0 Å². The third-order valence-electron chi connectivity index (χ3n) is 4.41. The van der Waals surface area contributed by atoms with Gasteiger partial charge >= 0.3 is 0 Å². The summed E-state index contributed by atoms with van der Waals surface area (Å²) < 4.78 is 0. The van der Waals surface area contributed by atoms with E-state index in [2.05, 4.69) is 20.8 Å². The average molecular weight is 367 g/mol. The number of anilines is 1. The molecule has 0 spiro atoms. The van der Waals surface area contributed by atoms with Crippen LogP contribution in [0.3, 0.4) is 0 Å². The van der Waals surface area contributed by atoms with E-state index in [1.165, 1.54) is 6.92 Å². The minimum atomic E-state index is -0.0608. The minimum Gasteiger partial charge on any atom is -0.366 e. The molecule has 27 heavy (non-hydrogen) atoms. The summed E-state index contributed by atoms with van der Waals surface area (Å²) in [6, 6.07) is 11.5. The molecule has 0 aliphatic carbocycles. The van der Waals surface area contributed by atoms with Crippen molar-refractivity contribution in [3.05, 3.63) is 42.0 Å². The summed E-state index contributed by atoms with van der Waals surface area (Å²) >= 11 is 0. The van der Waals surface area contributed by atoms with Gasteiger partial charge in [0.2, 0.25) is 5.91 Å². The number of nitrogens with one attached hydrogen (secondary N) is 2. The molecule has 1 fully saturated rings. The highest BCUT2D eigenvalue weighted by Crippen LogP contribution is 2.20. The first kappa shape index (κ1) is 18.8. The Kier molecular flexibility index (Phi) is 5.69. The molecule has 1 aliphatic heterocycles. The number of hydrogen-bond acceptors (Lipinski definition) is 5. The molecule has 1 aromatic carbocycles. The maximum Gasteiger partial charge on any atom is 0.253 e. The fourth-order valence-electron chi connectivity index (χ4n) is 3.18. The number of likely N-dealkylation sites (tertiary alicyclic amines) is 1. The maximum absolute atomic E-state index is 12.7. The van der Waals surface area contributed by atoms with Gasteiger partial charge in [-0.05, 0) is 44.5 Å². The maximum atomic E-state index is 12.7. The number of rotatable bonds is 5. The third-order valence-corrected chi connectivity index (χ3v) is 4.41. The van der Waals surface area contributed by atoms with Gasteiger partial charge in [-0.3, -0.25) is 9.59 Å². The highest BCUT2D eigenvalue weighted by Gasteiger charge is 2.27. The average Bonchev–Trinajstić information content (AvgIpc) is 3.09. The highest BCUT2D eigenvalue weighted by atomic mass is 16.2. The molecular formula is C20H25N5O2. The Labute approximate surface area is 159 Å². The van der Waals surface area contributed by atoms with Crippen LogP contribution in [-0.2, 0) is 4.79 Å². The number of aromatic nitrogens is 2. The van der Waals surface area contributed by atoms with Gasteiger partial charge in [0.1, 0.15) is 5.82 Å². The minimum absolute atomic E-state index is 0.0167. The first-order valence-electron chi connectivity index (χ1n) is 9.19. The van der Waals surface area contributed by atoms with Gasteiger partial charge in [-0.25, -0.2) is 0 Å². The SMILES string of the molecule is CC(=O)N[C@H]1CCN(C(=O)c2ccc(-c3ccc(NC(C)C)nn3)cc2)C1. The monoisotopic (exact) mass is 367 g/mol. The van der Waals surface area contributed by atoms with E-state index in [9.17, 15) is 9.59 Å². The van der Waals surface area contributed by atoms with Crippen molar-refractivity contribution >= 4 is 17.6 Å². The molecule has 1 aromatic heterocycles. The van der Waals surface area contributed by atoms with Crippen LogP contribution in [0.1, 0.15) is 37.6 Å². The molecule has 0 saturated carbocycles. The Morgan fingerprint density at radius 1 is 1.11 bits per heavy atom. The van der Waals surface area contributed by atoms with Gasteiger partial charge < -0.3 is 15.5 Å². The van der Waals surface area contributed by atoms with Crippen LogP contribution >= 0.6 is 0 Å². The molecule has 2 heterocycles. The molecule has 3 rings (SSSR count). The van der Waals surface area contributed by atoms with Crippen molar-refractivity contribution < 1.29 is 9.59 Å². The lowest BCUT2D eigenvalue weighted by molar-refractivity contribution is -0.119. The summed E-state index contributed by atoms with van der Waals surface area (Å²) in [6.45, 7) is 6.79. The fraction of sp³-hybridized carbons (Fsp3) is 0.400. The van der Waals surface area contributed by atoms with Gasteiger partial charge in [0.15, 0.2) is 0 Å². The second-order valence-electron chi connectivity index (χ2n) is 7.12. The quantitative estimate of drug-likeness (QED) is 0.847. The van der Waals surface area contributed by atoms with Crippen LogP contribution in [0.2, 0.25) is 0 Å². The molecule has 0 unspecified atom stereocenters. The van der Waals surface area contributed by atoms with Crippen LogP contribution in [-0.4, -0.2) is 52.1 Å². The molecule has 2 aromatic rings. The van der Waals surface area contributed by atoms with E-state index in [4.69, 9.17) is 0 Å². The van der Waals surface area contributed by atoms with E-state index in [-0.39, 0.29) is 17.9 Å². The Bertz CT molecular complexity index is 802. The topological polar surface area (TPSA) is 87.2 Å². The van der Waals surface area contributed by atoms with Crippen LogP contribution in [0, 0.1) is 0 Å². The highest BCUT2D eigenvalue weighted by molar-refractivity contribution is 5.95. The standard InChI is InChI=1S/C20H25N5O2/c1-13(2)21-19-9-8-18(23-24-19)15-4-6-16(7-5-15)20(27)25-11-10-17(12-25)22-14(3)26/h4-9,13,17H,10-12H2,1-3H3,(H,21,24)(H,22,26)/t17-/m0/s1. The number of amides is 2. The summed E-state index contributed by atoms with van der Waals surface area (Å²) in [6.07, 6.45) is 0.787. The summed E-state index contributed by atoms with van der Waals surface area (Å²) in [5.41, 5.74) is 2.30. The second kappa shape index (κ2) is 8.16. The Morgan fingerprint density at radius 2 is 1.85 bits per heavy atom. The summed E-state index contributed by atoms with van der Waals surface area (Å²) in [7, 11) is 0. The normalized spacial score (nSPS) is 16.4. The molecule has 7 nitrogen and oxygen atoms in total. The van der Waals surface area contributed by atoms with Gasteiger partial charge in [-0.1, -0.05) is 12.1 Å². The largest absolute Gasteiger partial charge is 0.366 e. The predicted molar refractivity (Wildman–Crippen MR) is 104 cm³/mol. The molecule has 0 radical (unpaired) electrons. The van der Waals surface area contributed by atoms with Crippen LogP contribution < -0.4 is 10.6 Å². The van der Waals surface area contributed by atoms with Crippen molar-refractivity contribution in [3.8, 4) is 11.3 Å². The Morgan fingerprint density at radius 3 is 2.44 bits per heavy atom. The number of benzene rings is 1. The Hall–Kier alpha value is -2.96. The summed E-state index contributed by atoms with van der Waals surface area (Å²) in [5, 5.41) is 14.5. The Balaban J connectivity index is 1.65. The lowest BCUT2D eigenvalue weighted by Gasteiger charge is -2.17. The van der Waals surface area contributed by atoms with Crippen molar-refractivity contribution in [1.29, 1.82) is 0 Å². The number of hydrogen-bond donors (Lipinski definition) is 2. The molecule has 7 heteroatoms. The molecule has 0 bridgehead atoms. The first-order valence-corrected chi connectivity index (χ1v) is 9.19. The van der Waals surface area contributed by atoms with Crippen molar-refractivity contribution in [2.24, 2.45) is 0 Å². The summed E-state index contributed by atoms with van der Waals surface area (Å²) in [4.78, 5) is 25.6. The van der Waals surface area contributed by atoms with E-state index < -0.39 is 0 Å². The molecule has 2 amide bonds. The molecule has 142 valence electrons.